The maximum absolute atomic E-state index is 12.3. The van der Waals surface area contributed by atoms with E-state index in [0.717, 1.165) is 34.2 Å². The number of para-hydroxylation sites is 1. The summed E-state index contributed by atoms with van der Waals surface area (Å²) in [7, 11) is -3.63. The number of sulfonamides is 1. The first-order chi connectivity index (χ1) is 15.4. The quantitative estimate of drug-likeness (QED) is 0.394. The summed E-state index contributed by atoms with van der Waals surface area (Å²) in [5.74, 6) is 3.47. The summed E-state index contributed by atoms with van der Waals surface area (Å²) < 4.78 is 36.6. The molecule has 0 radical (unpaired) electrons. The molecule has 32 heavy (non-hydrogen) atoms. The van der Waals surface area contributed by atoms with E-state index >= 15 is 0 Å². The average molecular weight is 475 g/mol. The predicted molar refractivity (Wildman–Crippen MR) is 128 cm³/mol. The standard InChI is InChI=1S/C23H26N2O5S2/c1-32(27,28)25(17-23(26)24-14-6-16-31-18-22-9-5-15-29-22)19-10-12-21(13-11-19)30-20-7-3-2-4-8-20/h2-5,7-13,15H,6,14,16-18H2,1H3,(H,24,26). The second kappa shape index (κ2) is 11.6. The molecule has 1 amide bonds. The second-order valence-electron chi connectivity index (χ2n) is 7.01. The molecular weight excluding hydrogens is 448 g/mol. The third-order valence-electron chi connectivity index (χ3n) is 4.40. The fraction of sp³-hybridized carbons (Fsp3) is 0.261. The van der Waals surface area contributed by atoms with Crippen LogP contribution in [0.25, 0.3) is 0 Å². The number of amides is 1. The third-order valence-corrected chi connectivity index (χ3v) is 6.61. The molecule has 0 spiro atoms. The Labute approximate surface area is 192 Å². The molecule has 2 aromatic carbocycles. The van der Waals surface area contributed by atoms with Crippen LogP contribution in [0.15, 0.2) is 77.4 Å². The molecule has 0 aliphatic carbocycles. The topological polar surface area (TPSA) is 88.9 Å². The monoisotopic (exact) mass is 474 g/mol. The molecule has 0 atom stereocenters. The van der Waals surface area contributed by atoms with E-state index in [1.54, 1.807) is 42.3 Å². The van der Waals surface area contributed by atoms with Crippen LogP contribution in [0.1, 0.15) is 12.2 Å². The van der Waals surface area contributed by atoms with E-state index in [1.807, 2.05) is 42.5 Å². The summed E-state index contributed by atoms with van der Waals surface area (Å²) in [6, 6.07) is 19.7. The number of thioether (sulfide) groups is 1. The number of nitrogens with zero attached hydrogens (tertiary/aromatic N) is 1. The lowest BCUT2D eigenvalue weighted by atomic mass is 10.3. The first kappa shape index (κ1) is 23.7. The zero-order valence-corrected chi connectivity index (χ0v) is 19.4. The van der Waals surface area contributed by atoms with Crippen molar-refractivity contribution in [3.8, 4) is 11.5 Å². The number of ether oxygens (including phenoxy) is 1. The molecule has 0 aliphatic rings. The van der Waals surface area contributed by atoms with Gasteiger partial charge in [-0.15, -0.1) is 0 Å². The Morgan fingerprint density at radius 2 is 1.75 bits per heavy atom. The third kappa shape index (κ3) is 7.65. The first-order valence-corrected chi connectivity index (χ1v) is 13.1. The summed E-state index contributed by atoms with van der Waals surface area (Å²) in [5, 5.41) is 2.79. The molecule has 1 aromatic heterocycles. The van der Waals surface area contributed by atoms with Gasteiger partial charge in [0, 0.05) is 6.54 Å². The van der Waals surface area contributed by atoms with Gasteiger partial charge in [-0.1, -0.05) is 18.2 Å². The molecule has 9 heteroatoms. The normalized spacial score (nSPS) is 11.2. The van der Waals surface area contributed by atoms with Gasteiger partial charge in [-0.2, -0.15) is 11.8 Å². The fourth-order valence-electron chi connectivity index (χ4n) is 2.86. The van der Waals surface area contributed by atoms with E-state index < -0.39 is 10.0 Å². The Balaban J connectivity index is 1.48. The van der Waals surface area contributed by atoms with Crippen LogP contribution in [-0.4, -0.2) is 39.4 Å². The van der Waals surface area contributed by atoms with Gasteiger partial charge in [0.15, 0.2) is 0 Å². The molecule has 0 saturated heterocycles. The first-order valence-electron chi connectivity index (χ1n) is 10.1. The number of furan rings is 1. The van der Waals surface area contributed by atoms with Crippen LogP contribution in [-0.2, 0) is 20.6 Å². The lowest BCUT2D eigenvalue weighted by molar-refractivity contribution is -0.119. The zero-order chi connectivity index (χ0) is 22.8. The maximum Gasteiger partial charge on any atom is 0.240 e. The van der Waals surface area contributed by atoms with E-state index in [9.17, 15) is 13.2 Å². The predicted octanol–water partition coefficient (Wildman–Crippen LogP) is 4.28. The highest BCUT2D eigenvalue weighted by atomic mass is 32.2. The largest absolute Gasteiger partial charge is 0.468 e. The van der Waals surface area contributed by atoms with E-state index in [0.29, 0.717) is 23.7 Å². The number of benzene rings is 2. The van der Waals surface area contributed by atoms with Gasteiger partial charge in [-0.25, -0.2) is 8.42 Å². The van der Waals surface area contributed by atoms with Crippen molar-refractivity contribution in [3.05, 3.63) is 78.8 Å². The minimum atomic E-state index is -3.63. The smallest absolute Gasteiger partial charge is 0.240 e. The molecule has 0 aliphatic heterocycles. The van der Waals surface area contributed by atoms with Gasteiger partial charge in [0.2, 0.25) is 15.9 Å². The Bertz CT molecular complexity index is 1070. The SMILES string of the molecule is CS(=O)(=O)N(CC(=O)NCCCSCc1ccco1)c1ccc(Oc2ccccc2)cc1. The van der Waals surface area contributed by atoms with Crippen LogP contribution in [0.2, 0.25) is 0 Å². The summed E-state index contributed by atoms with van der Waals surface area (Å²) in [6.07, 6.45) is 3.51. The van der Waals surface area contributed by atoms with E-state index in [-0.39, 0.29) is 12.5 Å². The van der Waals surface area contributed by atoms with Crippen molar-refractivity contribution in [2.24, 2.45) is 0 Å². The fourth-order valence-corrected chi connectivity index (χ4v) is 4.58. The van der Waals surface area contributed by atoms with Gasteiger partial charge in [0.05, 0.1) is 24.0 Å². The Morgan fingerprint density at radius 1 is 1.03 bits per heavy atom. The van der Waals surface area contributed by atoms with E-state index in [4.69, 9.17) is 9.15 Å². The summed E-state index contributed by atoms with van der Waals surface area (Å²) in [5.41, 5.74) is 0.400. The van der Waals surface area contributed by atoms with Crippen molar-refractivity contribution in [1.29, 1.82) is 0 Å². The minimum Gasteiger partial charge on any atom is -0.468 e. The van der Waals surface area contributed by atoms with Crippen molar-refractivity contribution in [2.75, 3.05) is 29.4 Å². The van der Waals surface area contributed by atoms with Gasteiger partial charge < -0.3 is 14.5 Å². The lowest BCUT2D eigenvalue weighted by Gasteiger charge is -2.22. The Kier molecular flexibility index (Phi) is 8.64. The van der Waals surface area contributed by atoms with E-state index in [2.05, 4.69) is 5.32 Å². The van der Waals surface area contributed by atoms with Gasteiger partial charge in [0.1, 0.15) is 23.8 Å². The highest BCUT2D eigenvalue weighted by Gasteiger charge is 2.20. The zero-order valence-electron chi connectivity index (χ0n) is 17.8. The lowest BCUT2D eigenvalue weighted by Crippen LogP contribution is -2.40. The highest BCUT2D eigenvalue weighted by Crippen LogP contribution is 2.25. The van der Waals surface area contributed by atoms with Crippen molar-refractivity contribution in [3.63, 3.8) is 0 Å². The number of carbonyl (C=O) groups is 1. The number of carbonyl (C=O) groups excluding carboxylic acids is 1. The molecule has 0 unspecified atom stereocenters. The number of hydrogen-bond acceptors (Lipinski definition) is 6. The van der Waals surface area contributed by atoms with Crippen LogP contribution in [0.3, 0.4) is 0 Å². The number of nitrogens with one attached hydrogen (secondary N) is 1. The molecular formula is C23H26N2O5S2. The van der Waals surface area contributed by atoms with Crippen LogP contribution >= 0.6 is 11.8 Å². The summed E-state index contributed by atoms with van der Waals surface area (Å²) in [6.45, 7) is 0.197. The molecule has 1 N–H and O–H groups in total. The van der Waals surface area contributed by atoms with Crippen LogP contribution < -0.4 is 14.4 Å². The molecule has 0 bridgehead atoms. The van der Waals surface area contributed by atoms with Gasteiger partial charge in [0.25, 0.3) is 0 Å². The molecule has 0 fully saturated rings. The van der Waals surface area contributed by atoms with Gasteiger partial charge in [-0.05, 0) is 60.7 Å². The van der Waals surface area contributed by atoms with Crippen LogP contribution in [0, 0.1) is 0 Å². The molecule has 170 valence electrons. The molecule has 3 rings (SSSR count). The minimum absolute atomic E-state index is 0.280. The Morgan fingerprint density at radius 3 is 2.41 bits per heavy atom. The van der Waals surface area contributed by atoms with Crippen molar-refractivity contribution < 1.29 is 22.4 Å². The molecule has 1 heterocycles. The van der Waals surface area contributed by atoms with Crippen molar-refractivity contribution >= 4 is 33.4 Å². The number of hydrogen-bond donors (Lipinski definition) is 1. The van der Waals surface area contributed by atoms with Gasteiger partial charge >= 0.3 is 0 Å². The molecule has 0 saturated carbocycles. The Hall–Kier alpha value is -2.91. The maximum atomic E-state index is 12.3. The van der Waals surface area contributed by atoms with E-state index in [1.165, 1.54) is 0 Å². The molecule has 3 aromatic rings. The van der Waals surface area contributed by atoms with Gasteiger partial charge in [-0.3, -0.25) is 9.10 Å². The average Bonchev–Trinajstić information content (AvgIpc) is 3.29. The van der Waals surface area contributed by atoms with Crippen LogP contribution in [0.4, 0.5) is 5.69 Å². The molecule has 7 nitrogen and oxygen atoms in total. The number of rotatable bonds is 12. The highest BCUT2D eigenvalue weighted by molar-refractivity contribution is 7.98. The number of anilines is 1. The van der Waals surface area contributed by atoms with Crippen molar-refractivity contribution in [1.82, 2.24) is 5.32 Å². The summed E-state index contributed by atoms with van der Waals surface area (Å²) in [4.78, 5) is 12.3. The van der Waals surface area contributed by atoms with Crippen LogP contribution in [0.5, 0.6) is 11.5 Å². The second-order valence-corrected chi connectivity index (χ2v) is 10.0. The van der Waals surface area contributed by atoms with Crippen molar-refractivity contribution in [2.45, 2.75) is 12.2 Å². The summed E-state index contributed by atoms with van der Waals surface area (Å²) >= 11 is 1.72.